The lowest BCUT2D eigenvalue weighted by Crippen LogP contribution is -2.15. The van der Waals surface area contributed by atoms with Crippen molar-refractivity contribution < 1.29 is 50.5 Å². The lowest BCUT2D eigenvalue weighted by molar-refractivity contribution is -0.0236. The molecule has 1 rings (SSSR count). The molecule has 0 bridgehead atoms. The molecule has 0 amide bonds. The summed E-state index contributed by atoms with van der Waals surface area (Å²) in [5, 5.41) is 0. The molecule has 0 heterocycles. The second-order valence-electron chi connectivity index (χ2n) is 12.6. The maximum Gasteiger partial charge on any atom is 0.297 e. The van der Waals surface area contributed by atoms with Crippen molar-refractivity contribution in [2.75, 3.05) is 112 Å². The molecule has 0 aliphatic carbocycles. The lowest BCUT2D eigenvalue weighted by Gasteiger charge is -2.09. The number of rotatable bonds is 41. The van der Waals surface area contributed by atoms with E-state index in [4.69, 9.17) is 42.1 Å². The molecule has 0 saturated heterocycles. The molecular weight excluding hydrogens is 676 g/mol. The largest absolute Gasteiger partial charge is 0.379 e. The summed E-state index contributed by atoms with van der Waals surface area (Å²) >= 11 is 0. The fraction of sp³-hybridized carbons (Fsp3) is 0.846. The molecule has 1 aromatic carbocycles. The van der Waals surface area contributed by atoms with Gasteiger partial charge in [0.15, 0.2) is 0 Å². The Hall–Kier alpha value is -1.19. The summed E-state index contributed by atoms with van der Waals surface area (Å²) in [4.78, 5) is 0.134. The summed E-state index contributed by atoms with van der Waals surface area (Å²) in [6.07, 6.45) is 19.2. The van der Waals surface area contributed by atoms with E-state index in [1.165, 1.54) is 95.6 Å². The van der Waals surface area contributed by atoms with Crippen LogP contribution in [0.1, 0.15) is 102 Å². The standard InChI is InChI=1S/C39H72O11S/c1-3-4-5-6-7-8-9-10-11-12-13-14-15-16-21-42-22-23-43-24-25-44-26-27-45-28-29-46-30-31-47-32-33-48-34-35-49-36-37-50-51(40,41)39-19-17-38(2)18-20-39/h17-20H,3-16,21-37H2,1-2H3. The van der Waals surface area contributed by atoms with Gasteiger partial charge in [-0.25, -0.2) is 0 Å². The maximum atomic E-state index is 12.1. The maximum absolute atomic E-state index is 12.1. The Morgan fingerprint density at radius 1 is 0.373 bits per heavy atom. The summed E-state index contributed by atoms with van der Waals surface area (Å²) in [6.45, 7) is 12.0. The van der Waals surface area contributed by atoms with Crippen LogP contribution in [0.3, 0.4) is 0 Å². The fourth-order valence-corrected chi connectivity index (χ4v) is 5.91. The van der Waals surface area contributed by atoms with Gasteiger partial charge in [-0.2, -0.15) is 8.42 Å². The van der Waals surface area contributed by atoms with Gasteiger partial charge < -0.3 is 37.9 Å². The van der Waals surface area contributed by atoms with Crippen molar-refractivity contribution in [3.05, 3.63) is 29.8 Å². The molecule has 0 spiro atoms. The Bertz CT molecular complexity index is 947. The normalized spacial score (nSPS) is 11.9. The molecule has 0 radical (unpaired) electrons. The first-order valence-corrected chi connectivity index (χ1v) is 21.0. The van der Waals surface area contributed by atoms with E-state index in [0.717, 1.165) is 18.6 Å². The zero-order chi connectivity index (χ0) is 36.8. The van der Waals surface area contributed by atoms with Crippen molar-refractivity contribution in [1.29, 1.82) is 0 Å². The highest BCUT2D eigenvalue weighted by atomic mass is 32.2. The topological polar surface area (TPSA) is 117 Å². The Morgan fingerprint density at radius 2 is 0.647 bits per heavy atom. The van der Waals surface area contributed by atoms with E-state index in [1.54, 1.807) is 12.1 Å². The third-order valence-electron chi connectivity index (χ3n) is 8.02. The Morgan fingerprint density at radius 3 is 0.980 bits per heavy atom. The van der Waals surface area contributed by atoms with Gasteiger partial charge in [-0.15, -0.1) is 0 Å². The molecule has 51 heavy (non-hydrogen) atoms. The second kappa shape index (κ2) is 37.1. The summed E-state index contributed by atoms with van der Waals surface area (Å²) in [5.74, 6) is 0. The molecule has 0 saturated carbocycles. The minimum Gasteiger partial charge on any atom is -0.379 e. The van der Waals surface area contributed by atoms with Gasteiger partial charge in [0.05, 0.1) is 111 Å². The van der Waals surface area contributed by atoms with Crippen LogP contribution in [-0.2, 0) is 52.2 Å². The van der Waals surface area contributed by atoms with E-state index >= 15 is 0 Å². The van der Waals surface area contributed by atoms with Crippen LogP contribution in [0, 0.1) is 6.92 Å². The van der Waals surface area contributed by atoms with Gasteiger partial charge in [0.1, 0.15) is 0 Å². The van der Waals surface area contributed by atoms with Crippen molar-refractivity contribution >= 4 is 10.1 Å². The minimum absolute atomic E-state index is 0.0518. The molecule has 0 aromatic heterocycles. The van der Waals surface area contributed by atoms with Crippen LogP contribution in [0.5, 0.6) is 0 Å². The monoisotopic (exact) mass is 748 g/mol. The van der Waals surface area contributed by atoms with Crippen LogP contribution < -0.4 is 0 Å². The second-order valence-corrected chi connectivity index (χ2v) is 14.2. The van der Waals surface area contributed by atoms with E-state index in [2.05, 4.69) is 6.92 Å². The van der Waals surface area contributed by atoms with Gasteiger partial charge >= 0.3 is 0 Å². The van der Waals surface area contributed by atoms with Gasteiger partial charge in [0, 0.05) is 6.61 Å². The average Bonchev–Trinajstić information content (AvgIpc) is 3.12. The molecule has 0 fully saturated rings. The molecular formula is C39H72O11S. The highest BCUT2D eigenvalue weighted by Gasteiger charge is 2.14. The van der Waals surface area contributed by atoms with Crippen LogP contribution >= 0.6 is 0 Å². The summed E-state index contributed by atoms with van der Waals surface area (Å²) in [7, 11) is -3.77. The number of ether oxygens (including phenoxy) is 8. The van der Waals surface area contributed by atoms with E-state index < -0.39 is 10.1 Å². The quantitative estimate of drug-likeness (QED) is 0.0496. The van der Waals surface area contributed by atoms with Crippen molar-refractivity contribution in [2.45, 2.75) is 109 Å². The van der Waals surface area contributed by atoms with Crippen molar-refractivity contribution in [2.24, 2.45) is 0 Å². The summed E-state index contributed by atoms with van der Waals surface area (Å²) in [6, 6.07) is 6.51. The fourth-order valence-electron chi connectivity index (χ4n) is 5.02. The average molecular weight is 749 g/mol. The number of unbranched alkanes of at least 4 members (excludes halogenated alkanes) is 13. The predicted molar refractivity (Wildman–Crippen MR) is 201 cm³/mol. The van der Waals surface area contributed by atoms with E-state index in [9.17, 15) is 8.42 Å². The minimum atomic E-state index is -3.77. The Balaban J connectivity index is 1.66. The number of hydrogen-bond acceptors (Lipinski definition) is 11. The Kier molecular flexibility index (Phi) is 34.8. The smallest absolute Gasteiger partial charge is 0.297 e. The van der Waals surface area contributed by atoms with Crippen LogP contribution in [0.2, 0.25) is 0 Å². The molecule has 1 aromatic rings. The predicted octanol–water partition coefficient (Wildman–Crippen LogP) is 7.31. The molecule has 0 N–H and O–H groups in total. The number of hydrogen-bond donors (Lipinski definition) is 0. The third kappa shape index (κ3) is 33.1. The first kappa shape index (κ1) is 47.8. The molecule has 300 valence electrons. The molecule has 0 aliphatic heterocycles. The van der Waals surface area contributed by atoms with Crippen molar-refractivity contribution in [1.82, 2.24) is 0 Å². The zero-order valence-corrected chi connectivity index (χ0v) is 32.9. The SMILES string of the molecule is CCCCCCCCCCCCCCCCOCCOCCOCCOCCOCCOCCOCCOCCOS(=O)(=O)c1ccc(C)cc1. The van der Waals surface area contributed by atoms with E-state index in [0.29, 0.717) is 92.5 Å². The summed E-state index contributed by atoms with van der Waals surface area (Å²) < 4.78 is 73.2. The van der Waals surface area contributed by atoms with Crippen molar-refractivity contribution in [3.8, 4) is 0 Å². The lowest BCUT2D eigenvalue weighted by atomic mass is 10.0. The molecule has 11 nitrogen and oxygen atoms in total. The first-order valence-electron chi connectivity index (χ1n) is 19.6. The van der Waals surface area contributed by atoms with Gasteiger partial charge in [-0.3, -0.25) is 4.18 Å². The molecule has 12 heteroatoms. The third-order valence-corrected chi connectivity index (χ3v) is 9.35. The Labute approximate surface area is 310 Å². The number of aryl methyl sites for hydroxylation is 1. The van der Waals surface area contributed by atoms with Crippen LogP contribution in [0.4, 0.5) is 0 Å². The van der Waals surface area contributed by atoms with Crippen molar-refractivity contribution in [3.63, 3.8) is 0 Å². The van der Waals surface area contributed by atoms with Crippen LogP contribution in [-0.4, -0.2) is 121 Å². The highest BCUT2D eigenvalue weighted by Crippen LogP contribution is 2.14. The van der Waals surface area contributed by atoms with Gasteiger partial charge in [-0.1, -0.05) is 108 Å². The number of benzene rings is 1. The molecule has 0 aliphatic rings. The van der Waals surface area contributed by atoms with Gasteiger partial charge in [0.25, 0.3) is 10.1 Å². The molecule has 0 unspecified atom stereocenters. The van der Waals surface area contributed by atoms with Crippen LogP contribution in [0.25, 0.3) is 0 Å². The zero-order valence-electron chi connectivity index (χ0n) is 32.1. The van der Waals surface area contributed by atoms with E-state index in [1.807, 2.05) is 6.92 Å². The highest BCUT2D eigenvalue weighted by molar-refractivity contribution is 7.86. The van der Waals surface area contributed by atoms with Crippen LogP contribution in [0.15, 0.2) is 29.2 Å². The molecule has 0 atom stereocenters. The first-order chi connectivity index (χ1) is 25.1. The van der Waals surface area contributed by atoms with Gasteiger partial charge in [0.2, 0.25) is 0 Å². The van der Waals surface area contributed by atoms with Gasteiger partial charge in [-0.05, 0) is 25.5 Å². The van der Waals surface area contributed by atoms with E-state index in [-0.39, 0.29) is 18.1 Å². The summed E-state index contributed by atoms with van der Waals surface area (Å²) in [5.41, 5.74) is 0.981.